The van der Waals surface area contributed by atoms with Gasteiger partial charge < -0.3 is 5.32 Å². The standard InChI is InChI=1S/C21H27F3N4/c1-2-25-20-26-12-17(13-27-20)15-28-11-5-6-16(14-28)9-10-18-7-3-4-8-19(18)21(22,23)24/h3-4,7-8,12-13,16H,2,5-6,9-11,14-15H2,1H3,(H,25,26,27). The molecule has 1 N–H and O–H groups in total. The average molecular weight is 392 g/mol. The molecular weight excluding hydrogens is 365 g/mol. The lowest BCUT2D eigenvalue weighted by molar-refractivity contribution is -0.138. The minimum Gasteiger partial charge on any atom is -0.355 e. The SMILES string of the molecule is CCNc1ncc(CN2CCCC(CCc3ccccc3C(F)(F)F)C2)cn1. The predicted molar refractivity (Wildman–Crippen MR) is 104 cm³/mol. The topological polar surface area (TPSA) is 41.1 Å². The number of likely N-dealkylation sites (tertiary alicyclic amines) is 1. The molecule has 28 heavy (non-hydrogen) atoms. The Labute approximate surface area is 164 Å². The van der Waals surface area contributed by atoms with E-state index in [-0.39, 0.29) is 0 Å². The zero-order chi connectivity index (χ0) is 20.0. The molecule has 0 spiro atoms. The van der Waals surface area contributed by atoms with E-state index in [1.54, 1.807) is 12.1 Å². The van der Waals surface area contributed by atoms with Crippen molar-refractivity contribution in [1.29, 1.82) is 0 Å². The quantitative estimate of drug-likeness (QED) is 0.737. The molecule has 0 amide bonds. The Hall–Kier alpha value is -2.15. The lowest BCUT2D eigenvalue weighted by atomic mass is 9.90. The number of hydrogen-bond donors (Lipinski definition) is 1. The number of aromatic nitrogens is 2. The molecule has 3 rings (SSSR count). The molecule has 0 saturated carbocycles. The number of aryl methyl sites for hydroxylation is 1. The van der Waals surface area contributed by atoms with Crippen LogP contribution in [-0.2, 0) is 19.1 Å². The summed E-state index contributed by atoms with van der Waals surface area (Å²) in [5.41, 5.74) is 0.963. The van der Waals surface area contributed by atoms with E-state index in [2.05, 4.69) is 20.2 Å². The van der Waals surface area contributed by atoms with E-state index in [4.69, 9.17) is 0 Å². The van der Waals surface area contributed by atoms with Gasteiger partial charge in [-0.15, -0.1) is 0 Å². The van der Waals surface area contributed by atoms with E-state index in [1.165, 1.54) is 12.1 Å². The maximum Gasteiger partial charge on any atom is 0.416 e. The molecule has 0 aliphatic carbocycles. The third-order valence-electron chi connectivity index (χ3n) is 5.19. The molecule has 4 nitrogen and oxygen atoms in total. The third kappa shape index (κ3) is 5.67. The van der Waals surface area contributed by atoms with Crippen LogP contribution in [0.15, 0.2) is 36.7 Å². The lowest BCUT2D eigenvalue weighted by Crippen LogP contribution is -2.35. The van der Waals surface area contributed by atoms with Crippen molar-refractivity contribution in [2.45, 2.75) is 45.3 Å². The molecule has 1 atom stereocenters. The predicted octanol–water partition coefficient (Wildman–Crippen LogP) is 4.77. The van der Waals surface area contributed by atoms with Gasteiger partial charge >= 0.3 is 6.18 Å². The van der Waals surface area contributed by atoms with Crippen molar-refractivity contribution in [3.05, 3.63) is 53.3 Å². The zero-order valence-electron chi connectivity index (χ0n) is 16.2. The van der Waals surface area contributed by atoms with Gasteiger partial charge in [0.1, 0.15) is 0 Å². The van der Waals surface area contributed by atoms with Crippen molar-refractivity contribution in [2.24, 2.45) is 5.92 Å². The number of piperidine rings is 1. The molecule has 1 unspecified atom stereocenters. The fraction of sp³-hybridized carbons (Fsp3) is 0.524. The maximum atomic E-state index is 13.2. The Morgan fingerprint density at radius 3 is 2.64 bits per heavy atom. The highest BCUT2D eigenvalue weighted by Crippen LogP contribution is 2.33. The largest absolute Gasteiger partial charge is 0.416 e. The highest BCUT2D eigenvalue weighted by atomic mass is 19.4. The van der Waals surface area contributed by atoms with Gasteiger partial charge in [0.15, 0.2) is 0 Å². The van der Waals surface area contributed by atoms with E-state index < -0.39 is 11.7 Å². The van der Waals surface area contributed by atoms with E-state index in [9.17, 15) is 13.2 Å². The summed E-state index contributed by atoms with van der Waals surface area (Å²) >= 11 is 0. The second-order valence-electron chi connectivity index (χ2n) is 7.38. The first-order valence-corrected chi connectivity index (χ1v) is 9.88. The second-order valence-corrected chi connectivity index (χ2v) is 7.38. The molecule has 152 valence electrons. The number of nitrogens with zero attached hydrogens (tertiary/aromatic N) is 3. The number of alkyl halides is 3. The Balaban J connectivity index is 1.54. The summed E-state index contributed by atoms with van der Waals surface area (Å²) in [6.07, 6.45) is 2.78. The molecular formula is C21H27F3N4. The van der Waals surface area contributed by atoms with Crippen molar-refractivity contribution in [3.8, 4) is 0 Å². The molecule has 2 aromatic rings. The third-order valence-corrected chi connectivity index (χ3v) is 5.19. The van der Waals surface area contributed by atoms with E-state index in [0.29, 0.717) is 23.9 Å². The van der Waals surface area contributed by atoms with Gasteiger partial charge in [-0.05, 0) is 56.7 Å². The van der Waals surface area contributed by atoms with E-state index >= 15 is 0 Å². The fourth-order valence-corrected chi connectivity index (χ4v) is 3.85. The first-order chi connectivity index (χ1) is 13.5. The van der Waals surface area contributed by atoms with Crippen LogP contribution in [0.2, 0.25) is 0 Å². The van der Waals surface area contributed by atoms with Crippen LogP contribution < -0.4 is 5.32 Å². The highest BCUT2D eigenvalue weighted by molar-refractivity contribution is 5.29. The number of anilines is 1. The van der Waals surface area contributed by atoms with Crippen molar-refractivity contribution in [1.82, 2.24) is 14.9 Å². The first kappa shape index (κ1) is 20.6. The van der Waals surface area contributed by atoms with Crippen LogP contribution in [0, 0.1) is 5.92 Å². The molecule has 0 radical (unpaired) electrons. The Morgan fingerprint density at radius 2 is 1.93 bits per heavy atom. The van der Waals surface area contributed by atoms with Crippen LogP contribution in [0.1, 0.15) is 42.9 Å². The van der Waals surface area contributed by atoms with E-state index in [1.807, 2.05) is 19.3 Å². The summed E-state index contributed by atoms with van der Waals surface area (Å²) in [5, 5.41) is 3.08. The number of rotatable bonds is 7. The highest BCUT2D eigenvalue weighted by Gasteiger charge is 2.33. The molecule has 1 aliphatic rings. The van der Waals surface area contributed by atoms with Crippen molar-refractivity contribution >= 4 is 5.95 Å². The van der Waals surface area contributed by atoms with Crippen LogP contribution in [0.25, 0.3) is 0 Å². The number of benzene rings is 1. The number of halogens is 3. The van der Waals surface area contributed by atoms with Crippen molar-refractivity contribution < 1.29 is 13.2 Å². The Kier molecular flexibility index (Phi) is 6.88. The number of hydrogen-bond acceptors (Lipinski definition) is 4. The maximum absolute atomic E-state index is 13.2. The smallest absolute Gasteiger partial charge is 0.355 e. The van der Waals surface area contributed by atoms with Crippen LogP contribution in [0.3, 0.4) is 0 Å². The normalized spacial score (nSPS) is 18.2. The molecule has 1 aliphatic heterocycles. The van der Waals surface area contributed by atoms with Crippen molar-refractivity contribution in [3.63, 3.8) is 0 Å². The summed E-state index contributed by atoms with van der Waals surface area (Å²) in [4.78, 5) is 11.0. The zero-order valence-corrected chi connectivity index (χ0v) is 16.2. The van der Waals surface area contributed by atoms with Crippen LogP contribution >= 0.6 is 0 Å². The van der Waals surface area contributed by atoms with Gasteiger partial charge in [-0.25, -0.2) is 9.97 Å². The molecule has 1 aromatic heterocycles. The molecule has 1 fully saturated rings. The summed E-state index contributed by atoms with van der Waals surface area (Å²) in [6, 6.07) is 5.93. The van der Waals surface area contributed by atoms with Crippen molar-refractivity contribution in [2.75, 3.05) is 25.0 Å². The minimum atomic E-state index is -4.28. The van der Waals surface area contributed by atoms with Crippen LogP contribution in [-0.4, -0.2) is 34.5 Å². The number of nitrogens with one attached hydrogen (secondary N) is 1. The van der Waals surface area contributed by atoms with Crippen LogP contribution in [0.4, 0.5) is 19.1 Å². The first-order valence-electron chi connectivity index (χ1n) is 9.88. The molecule has 0 bridgehead atoms. The summed E-state index contributed by atoms with van der Waals surface area (Å²) in [6.45, 7) is 5.47. The monoisotopic (exact) mass is 392 g/mol. The van der Waals surface area contributed by atoms with Crippen LogP contribution in [0.5, 0.6) is 0 Å². The molecule has 7 heteroatoms. The van der Waals surface area contributed by atoms with Gasteiger partial charge in [0.2, 0.25) is 5.95 Å². The van der Waals surface area contributed by atoms with E-state index in [0.717, 1.165) is 51.0 Å². The summed E-state index contributed by atoms with van der Waals surface area (Å²) in [5.74, 6) is 1.04. The average Bonchev–Trinajstić information content (AvgIpc) is 2.68. The molecule has 2 heterocycles. The van der Waals surface area contributed by atoms with Gasteiger partial charge in [-0.1, -0.05) is 18.2 Å². The summed E-state index contributed by atoms with van der Waals surface area (Å²) in [7, 11) is 0. The van der Waals surface area contributed by atoms with Gasteiger partial charge in [0.25, 0.3) is 0 Å². The fourth-order valence-electron chi connectivity index (χ4n) is 3.85. The van der Waals surface area contributed by atoms with Gasteiger partial charge in [-0.3, -0.25) is 4.90 Å². The Morgan fingerprint density at radius 1 is 1.18 bits per heavy atom. The lowest BCUT2D eigenvalue weighted by Gasteiger charge is -2.32. The molecule has 1 saturated heterocycles. The van der Waals surface area contributed by atoms with Gasteiger partial charge in [-0.2, -0.15) is 13.2 Å². The molecule has 1 aromatic carbocycles. The minimum absolute atomic E-state index is 0.402. The summed E-state index contributed by atoms with van der Waals surface area (Å²) < 4.78 is 39.5. The Bertz CT molecular complexity index is 746. The second kappa shape index (κ2) is 9.37. The van der Waals surface area contributed by atoms with Gasteiger partial charge in [0.05, 0.1) is 5.56 Å². The van der Waals surface area contributed by atoms with Gasteiger partial charge in [0, 0.05) is 37.6 Å².